The second-order valence-electron chi connectivity index (χ2n) is 6.01. The molecule has 29 heavy (non-hydrogen) atoms. The Morgan fingerprint density at radius 1 is 1.10 bits per heavy atom. The first-order valence-corrected chi connectivity index (χ1v) is 11.2. The standard InChI is InChI=1S/C19H21N3O5S2/c1-22(29(23,24)15-8-6-14(28-4)7-9-15)12-18-20-19(21-27-18)16-10-5-13(25-2)11-17(16)26-3/h5-11H,12H2,1-4H3. The lowest BCUT2D eigenvalue weighted by molar-refractivity contribution is 0.336. The molecule has 0 spiro atoms. The van der Waals surface area contributed by atoms with E-state index < -0.39 is 10.0 Å². The van der Waals surface area contributed by atoms with Crippen molar-refractivity contribution < 1.29 is 22.4 Å². The number of aromatic nitrogens is 2. The van der Waals surface area contributed by atoms with Gasteiger partial charge in [0.05, 0.1) is 31.2 Å². The predicted molar refractivity (Wildman–Crippen MR) is 110 cm³/mol. The fourth-order valence-electron chi connectivity index (χ4n) is 2.61. The van der Waals surface area contributed by atoms with Crippen molar-refractivity contribution in [3.05, 3.63) is 48.4 Å². The first kappa shape index (κ1) is 21.2. The van der Waals surface area contributed by atoms with E-state index in [9.17, 15) is 8.42 Å². The number of methoxy groups -OCH3 is 2. The average molecular weight is 436 g/mol. The third kappa shape index (κ3) is 4.55. The molecular formula is C19H21N3O5S2. The summed E-state index contributed by atoms with van der Waals surface area (Å²) in [6.07, 6.45) is 1.93. The number of benzene rings is 2. The van der Waals surface area contributed by atoms with Gasteiger partial charge in [-0.3, -0.25) is 0 Å². The van der Waals surface area contributed by atoms with E-state index in [1.807, 2.05) is 6.26 Å². The Labute approximate surface area is 173 Å². The van der Waals surface area contributed by atoms with Crippen molar-refractivity contribution in [2.24, 2.45) is 0 Å². The van der Waals surface area contributed by atoms with E-state index >= 15 is 0 Å². The maximum absolute atomic E-state index is 12.8. The van der Waals surface area contributed by atoms with Gasteiger partial charge in [0.25, 0.3) is 0 Å². The van der Waals surface area contributed by atoms with Gasteiger partial charge in [-0.2, -0.15) is 9.29 Å². The first-order chi connectivity index (χ1) is 13.9. The summed E-state index contributed by atoms with van der Waals surface area (Å²) >= 11 is 1.55. The van der Waals surface area contributed by atoms with Crippen molar-refractivity contribution in [2.75, 3.05) is 27.5 Å². The van der Waals surface area contributed by atoms with Crippen LogP contribution >= 0.6 is 11.8 Å². The first-order valence-electron chi connectivity index (χ1n) is 8.54. The molecule has 3 aromatic rings. The fourth-order valence-corrected chi connectivity index (χ4v) is 4.14. The highest BCUT2D eigenvalue weighted by Crippen LogP contribution is 2.31. The van der Waals surface area contributed by atoms with Crippen molar-refractivity contribution in [2.45, 2.75) is 16.3 Å². The van der Waals surface area contributed by atoms with Gasteiger partial charge in [0.15, 0.2) is 0 Å². The second kappa shape index (κ2) is 8.85. The Kier molecular flexibility index (Phi) is 6.46. The third-order valence-corrected chi connectivity index (χ3v) is 6.80. The van der Waals surface area contributed by atoms with Crippen LogP contribution in [-0.4, -0.2) is 50.4 Å². The molecule has 1 aromatic heterocycles. The van der Waals surface area contributed by atoms with Gasteiger partial charge in [0.2, 0.25) is 21.7 Å². The molecule has 0 unspecified atom stereocenters. The fraction of sp³-hybridized carbons (Fsp3) is 0.263. The Balaban J connectivity index is 1.80. The minimum atomic E-state index is -3.68. The van der Waals surface area contributed by atoms with E-state index in [1.165, 1.54) is 18.5 Å². The zero-order chi connectivity index (χ0) is 21.0. The molecule has 0 aliphatic carbocycles. The molecule has 2 aromatic carbocycles. The van der Waals surface area contributed by atoms with E-state index in [0.29, 0.717) is 22.9 Å². The third-order valence-electron chi connectivity index (χ3n) is 4.24. The molecule has 1 heterocycles. The van der Waals surface area contributed by atoms with E-state index in [-0.39, 0.29) is 17.3 Å². The van der Waals surface area contributed by atoms with E-state index in [1.54, 1.807) is 61.3 Å². The minimum absolute atomic E-state index is 0.0575. The van der Waals surface area contributed by atoms with E-state index in [0.717, 1.165) is 4.90 Å². The zero-order valence-electron chi connectivity index (χ0n) is 16.4. The van der Waals surface area contributed by atoms with Gasteiger partial charge < -0.3 is 14.0 Å². The Hall–Kier alpha value is -2.56. The molecular weight excluding hydrogens is 414 g/mol. The summed E-state index contributed by atoms with van der Waals surface area (Å²) in [6, 6.07) is 11.9. The molecule has 0 aliphatic heterocycles. The van der Waals surface area contributed by atoms with Crippen molar-refractivity contribution in [1.29, 1.82) is 0 Å². The highest BCUT2D eigenvalue weighted by Gasteiger charge is 2.24. The number of sulfonamides is 1. The topological polar surface area (TPSA) is 94.8 Å². The zero-order valence-corrected chi connectivity index (χ0v) is 18.1. The normalized spacial score (nSPS) is 11.6. The Morgan fingerprint density at radius 2 is 1.83 bits per heavy atom. The second-order valence-corrected chi connectivity index (χ2v) is 8.94. The Morgan fingerprint density at radius 3 is 2.45 bits per heavy atom. The monoisotopic (exact) mass is 435 g/mol. The van der Waals surface area contributed by atoms with Crippen LogP contribution in [0.3, 0.4) is 0 Å². The van der Waals surface area contributed by atoms with Gasteiger partial charge in [-0.25, -0.2) is 8.42 Å². The summed E-state index contributed by atoms with van der Waals surface area (Å²) < 4.78 is 42.5. The molecule has 0 radical (unpaired) electrons. The van der Waals surface area contributed by atoms with Crippen molar-refractivity contribution in [3.8, 4) is 22.9 Å². The number of ether oxygens (including phenoxy) is 2. The Bertz CT molecular complexity index is 1080. The number of thioether (sulfide) groups is 1. The lowest BCUT2D eigenvalue weighted by Gasteiger charge is -2.15. The maximum atomic E-state index is 12.8. The summed E-state index contributed by atoms with van der Waals surface area (Å²) in [4.78, 5) is 5.50. The van der Waals surface area contributed by atoms with Crippen LogP contribution in [0, 0.1) is 0 Å². The van der Waals surface area contributed by atoms with Crippen LogP contribution in [0.15, 0.2) is 56.8 Å². The predicted octanol–water partition coefficient (Wildman–Crippen LogP) is 3.30. The largest absolute Gasteiger partial charge is 0.497 e. The van der Waals surface area contributed by atoms with Crippen LogP contribution in [0.1, 0.15) is 5.89 Å². The van der Waals surface area contributed by atoms with Crippen LogP contribution in [0.5, 0.6) is 11.5 Å². The average Bonchev–Trinajstić information content (AvgIpc) is 3.21. The van der Waals surface area contributed by atoms with Crippen molar-refractivity contribution in [3.63, 3.8) is 0 Å². The molecule has 0 aliphatic rings. The summed E-state index contributed by atoms with van der Waals surface area (Å²) in [5.74, 6) is 1.62. The molecule has 154 valence electrons. The van der Waals surface area contributed by atoms with Crippen LogP contribution in [-0.2, 0) is 16.6 Å². The van der Waals surface area contributed by atoms with Gasteiger partial charge in [0, 0.05) is 18.0 Å². The highest BCUT2D eigenvalue weighted by molar-refractivity contribution is 7.98. The molecule has 8 nitrogen and oxygen atoms in total. The van der Waals surface area contributed by atoms with Crippen LogP contribution in [0.2, 0.25) is 0 Å². The number of hydrogen-bond acceptors (Lipinski definition) is 8. The van der Waals surface area contributed by atoms with Crippen molar-refractivity contribution >= 4 is 21.8 Å². The molecule has 10 heteroatoms. The smallest absolute Gasteiger partial charge is 0.243 e. The molecule has 0 fully saturated rings. The highest BCUT2D eigenvalue weighted by atomic mass is 32.2. The molecule has 3 rings (SSSR count). The van der Waals surface area contributed by atoms with Gasteiger partial charge in [-0.15, -0.1) is 11.8 Å². The summed E-state index contributed by atoms with van der Waals surface area (Å²) in [6.45, 7) is -0.0575. The molecule has 0 bridgehead atoms. The van der Waals surface area contributed by atoms with Crippen LogP contribution in [0.25, 0.3) is 11.4 Å². The molecule has 0 saturated heterocycles. The van der Waals surface area contributed by atoms with Crippen molar-refractivity contribution in [1.82, 2.24) is 14.4 Å². The van der Waals surface area contributed by atoms with Gasteiger partial charge in [0.1, 0.15) is 11.5 Å². The summed E-state index contributed by atoms with van der Waals surface area (Å²) in [7, 11) is 0.875. The number of nitrogens with zero attached hydrogens (tertiary/aromatic N) is 3. The van der Waals surface area contributed by atoms with Gasteiger partial charge in [-0.05, 0) is 42.7 Å². The summed E-state index contributed by atoms with van der Waals surface area (Å²) in [5.41, 5.74) is 0.612. The van der Waals surface area contributed by atoms with E-state index in [2.05, 4.69) is 10.1 Å². The summed E-state index contributed by atoms with van der Waals surface area (Å²) in [5, 5.41) is 3.95. The SMILES string of the molecule is COc1ccc(-c2noc(CN(C)S(=O)(=O)c3ccc(SC)cc3)n2)c(OC)c1. The maximum Gasteiger partial charge on any atom is 0.243 e. The van der Waals surface area contributed by atoms with Gasteiger partial charge in [-0.1, -0.05) is 5.16 Å². The molecule has 0 N–H and O–H groups in total. The lowest BCUT2D eigenvalue weighted by Crippen LogP contribution is -2.26. The molecule has 0 amide bonds. The number of rotatable bonds is 8. The molecule has 0 saturated carbocycles. The number of hydrogen-bond donors (Lipinski definition) is 0. The quantitative estimate of drug-likeness (QED) is 0.498. The van der Waals surface area contributed by atoms with Crippen LogP contribution in [0.4, 0.5) is 0 Å². The minimum Gasteiger partial charge on any atom is -0.497 e. The molecule has 0 atom stereocenters. The van der Waals surface area contributed by atoms with Gasteiger partial charge >= 0.3 is 0 Å². The van der Waals surface area contributed by atoms with Crippen LogP contribution < -0.4 is 9.47 Å². The van der Waals surface area contributed by atoms with E-state index in [4.69, 9.17) is 14.0 Å². The lowest BCUT2D eigenvalue weighted by atomic mass is 10.2.